The second-order valence-corrected chi connectivity index (χ2v) is 5.70. The average molecular weight is 272 g/mol. The first-order chi connectivity index (χ1) is 8.52. The summed E-state index contributed by atoms with van der Waals surface area (Å²) in [7, 11) is 0. The maximum atomic E-state index is 13.7. The van der Waals surface area contributed by atoms with Crippen LogP contribution in [0.1, 0.15) is 32.8 Å². The van der Waals surface area contributed by atoms with E-state index >= 15 is 0 Å². The lowest BCUT2D eigenvalue weighted by molar-refractivity contribution is 0.431. The standard InChI is InChI=1S/C15H23ClFN/c1-4-12(10-18-9-11(2)3)7-13-5-6-14(16)8-15(13)17/h5-6,8,11-12,18H,4,7,9-10H2,1-3H3. The number of hydrogen-bond acceptors (Lipinski definition) is 1. The minimum absolute atomic E-state index is 0.190. The molecule has 0 fully saturated rings. The molecule has 1 aromatic rings. The number of rotatable bonds is 7. The highest BCUT2D eigenvalue weighted by Crippen LogP contribution is 2.19. The molecule has 0 aliphatic carbocycles. The van der Waals surface area contributed by atoms with Gasteiger partial charge in [0.25, 0.3) is 0 Å². The van der Waals surface area contributed by atoms with Crippen LogP contribution in [-0.2, 0) is 6.42 Å². The molecule has 0 spiro atoms. The fraction of sp³-hybridized carbons (Fsp3) is 0.600. The monoisotopic (exact) mass is 271 g/mol. The summed E-state index contributed by atoms with van der Waals surface area (Å²) in [5.74, 6) is 0.930. The second kappa shape index (κ2) is 7.75. The van der Waals surface area contributed by atoms with Gasteiger partial charge in [-0.25, -0.2) is 4.39 Å². The highest BCUT2D eigenvalue weighted by molar-refractivity contribution is 6.30. The van der Waals surface area contributed by atoms with E-state index in [9.17, 15) is 4.39 Å². The molecule has 0 bridgehead atoms. The van der Waals surface area contributed by atoms with Gasteiger partial charge in [-0.2, -0.15) is 0 Å². The van der Waals surface area contributed by atoms with Gasteiger partial charge in [0.2, 0.25) is 0 Å². The third kappa shape index (κ3) is 5.36. The highest BCUT2D eigenvalue weighted by atomic mass is 35.5. The molecular weight excluding hydrogens is 249 g/mol. The van der Waals surface area contributed by atoms with E-state index in [0.29, 0.717) is 16.9 Å². The number of nitrogens with one attached hydrogen (secondary N) is 1. The van der Waals surface area contributed by atoms with E-state index in [4.69, 9.17) is 11.6 Å². The maximum Gasteiger partial charge on any atom is 0.127 e. The van der Waals surface area contributed by atoms with Crippen LogP contribution in [0, 0.1) is 17.7 Å². The zero-order valence-electron chi connectivity index (χ0n) is 11.5. The third-order valence-corrected chi connectivity index (χ3v) is 3.32. The molecule has 0 saturated carbocycles. The first-order valence-electron chi connectivity index (χ1n) is 6.67. The molecule has 0 aromatic heterocycles. The Bertz CT molecular complexity index is 366. The molecule has 1 rings (SSSR count). The summed E-state index contributed by atoms with van der Waals surface area (Å²) in [5, 5.41) is 3.90. The minimum Gasteiger partial charge on any atom is -0.316 e. The van der Waals surface area contributed by atoms with Crippen LogP contribution in [0.25, 0.3) is 0 Å². The van der Waals surface area contributed by atoms with Crippen LogP contribution in [0.2, 0.25) is 5.02 Å². The largest absolute Gasteiger partial charge is 0.316 e. The fourth-order valence-corrected chi connectivity index (χ4v) is 2.09. The molecule has 0 radical (unpaired) electrons. The van der Waals surface area contributed by atoms with Crippen molar-refractivity contribution in [2.45, 2.75) is 33.6 Å². The zero-order chi connectivity index (χ0) is 13.5. The van der Waals surface area contributed by atoms with Gasteiger partial charge in [0.05, 0.1) is 0 Å². The Kier molecular flexibility index (Phi) is 6.66. The molecule has 18 heavy (non-hydrogen) atoms. The van der Waals surface area contributed by atoms with Crippen molar-refractivity contribution in [1.29, 1.82) is 0 Å². The number of benzene rings is 1. The van der Waals surface area contributed by atoms with Crippen LogP contribution in [-0.4, -0.2) is 13.1 Å². The van der Waals surface area contributed by atoms with Crippen molar-refractivity contribution in [3.05, 3.63) is 34.6 Å². The predicted molar refractivity (Wildman–Crippen MR) is 76.6 cm³/mol. The first kappa shape index (κ1) is 15.5. The number of halogens is 2. The molecule has 0 saturated heterocycles. The molecule has 0 aliphatic heterocycles. The molecule has 1 N–H and O–H groups in total. The van der Waals surface area contributed by atoms with Gasteiger partial charge in [-0.1, -0.05) is 44.9 Å². The van der Waals surface area contributed by atoms with Crippen molar-refractivity contribution >= 4 is 11.6 Å². The highest BCUT2D eigenvalue weighted by Gasteiger charge is 2.11. The van der Waals surface area contributed by atoms with Gasteiger partial charge in [0.1, 0.15) is 5.82 Å². The lowest BCUT2D eigenvalue weighted by atomic mass is 9.96. The molecular formula is C15H23ClFN. The van der Waals surface area contributed by atoms with Gasteiger partial charge < -0.3 is 5.32 Å². The van der Waals surface area contributed by atoms with Crippen LogP contribution in [0.3, 0.4) is 0 Å². The summed E-state index contributed by atoms with van der Waals surface area (Å²) in [6.45, 7) is 8.48. The van der Waals surface area contributed by atoms with E-state index in [1.165, 1.54) is 6.07 Å². The third-order valence-electron chi connectivity index (χ3n) is 3.09. The van der Waals surface area contributed by atoms with E-state index < -0.39 is 0 Å². The molecule has 1 unspecified atom stereocenters. The Morgan fingerprint density at radius 2 is 2.00 bits per heavy atom. The molecule has 102 valence electrons. The van der Waals surface area contributed by atoms with E-state index in [-0.39, 0.29) is 5.82 Å². The molecule has 0 aliphatic rings. The predicted octanol–water partition coefficient (Wildman–Crippen LogP) is 4.29. The molecule has 0 heterocycles. The normalized spacial score (nSPS) is 13.0. The lowest BCUT2D eigenvalue weighted by Gasteiger charge is -2.17. The summed E-state index contributed by atoms with van der Waals surface area (Å²) in [4.78, 5) is 0. The average Bonchev–Trinajstić information content (AvgIpc) is 2.30. The lowest BCUT2D eigenvalue weighted by Crippen LogP contribution is -2.27. The van der Waals surface area contributed by atoms with Crippen LogP contribution >= 0.6 is 11.6 Å². The van der Waals surface area contributed by atoms with Gasteiger partial charge >= 0.3 is 0 Å². The smallest absolute Gasteiger partial charge is 0.127 e. The molecule has 3 heteroatoms. The maximum absolute atomic E-state index is 13.7. The zero-order valence-corrected chi connectivity index (χ0v) is 12.2. The summed E-state index contributed by atoms with van der Waals surface area (Å²) >= 11 is 5.75. The van der Waals surface area contributed by atoms with Gasteiger partial charge in [-0.3, -0.25) is 0 Å². The van der Waals surface area contributed by atoms with Crippen LogP contribution in [0.5, 0.6) is 0 Å². The van der Waals surface area contributed by atoms with Gasteiger partial charge in [0.15, 0.2) is 0 Å². The minimum atomic E-state index is -0.190. The molecule has 0 amide bonds. The molecule has 1 aromatic carbocycles. The Balaban J connectivity index is 2.51. The summed E-state index contributed by atoms with van der Waals surface area (Å²) in [5.41, 5.74) is 0.762. The number of hydrogen-bond donors (Lipinski definition) is 1. The van der Waals surface area contributed by atoms with Crippen molar-refractivity contribution in [1.82, 2.24) is 5.32 Å². The molecule has 1 atom stereocenters. The second-order valence-electron chi connectivity index (χ2n) is 5.27. The Morgan fingerprint density at radius 3 is 2.56 bits per heavy atom. The van der Waals surface area contributed by atoms with Crippen LogP contribution in [0.15, 0.2) is 18.2 Å². The molecule has 1 nitrogen and oxygen atoms in total. The summed E-state index contributed by atoms with van der Waals surface area (Å²) in [6.07, 6.45) is 1.82. The fourth-order valence-electron chi connectivity index (χ4n) is 1.94. The van der Waals surface area contributed by atoms with Crippen molar-refractivity contribution in [2.24, 2.45) is 11.8 Å². The van der Waals surface area contributed by atoms with Crippen LogP contribution in [0.4, 0.5) is 4.39 Å². The quantitative estimate of drug-likeness (QED) is 0.780. The van der Waals surface area contributed by atoms with E-state index in [0.717, 1.165) is 31.5 Å². The van der Waals surface area contributed by atoms with Crippen LogP contribution < -0.4 is 5.32 Å². The summed E-state index contributed by atoms with van der Waals surface area (Å²) < 4.78 is 13.7. The van der Waals surface area contributed by atoms with Crippen molar-refractivity contribution in [3.63, 3.8) is 0 Å². The Morgan fingerprint density at radius 1 is 1.28 bits per heavy atom. The van der Waals surface area contributed by atoms with E-state index in [1.54, 1.807) is 12.1 Å². The van der Waals surface area contributed by atoms with E-state index in [1.807, 2.05) is 0 Å². The van der Waals surface area contributed by atoms with Crippen molar-refractivity contribution in [3.8, 4) is 0 Å². The Hall–Kier alpha value is -0.600. The van der Waals surface area contributed by atoms with Gasteiger partial charge in [0, 0.05) is 5.02 Å². The van der Waals surface area contributed by atoms with Crippen molar-refractivity contribution in [2.75, 3.05) is 13.1 Å². The van der Waals surface area contributed by atoms with Gasteiger partial charge in [-0.05, 0) is 49.0 Å². The Labute approximate surface area is 115 Å². The van der Waals surface area contributed by atoms with Crippen molar-refractivity contribution < 1.29 is 4.39 Å². The SMILES string of the molecule is CCC(CNCC(C)C)Cc1ccc(Cl)cc1F. The summed E-state index contributed by atoms with van der Waals surface area (Å²) in [6, 6.07) is 4.95. The topological polar surface area (TPSA) is 12.0 Å². The van der Waals surface area contributed by atoms with Gasteiger partial charge in [-0.15, -0.1) is 0 Å². The first-order valence-corrected chi connectivity index (χ1v) is 7.05. The van der Waals surface area contributed by atoms with E-state index in [2.05, 4.69) is 26.1 Å².